The number of benzene rings is 8. The second-order valence-electron chi connectivity index (χ2n) is 11.9. The minimum Gasteiger partial charge on any atom is -0.291 e. The SMILES string of the molecule is [2H]c1c([2H])c([2H])c(-c2nc3ccccc3n2-c2c3ccccc3c(-c3cccc4sc5ccccc5c34)c3cc(-c4ccccc4)ccc23)c([2H])c1[2H]. The number of hydrogen-bond acceptors (Lipinski definition) is 2. The average Bonchev–Trinajstić information content (AvgIpc) is 3.77. The van der Waals surface area contributed by atoms with E-state index in [0.29, 0.717) is 11.3 Å². The fraction of sp³-hybridized carbons (Fsp3) is 0. The molecule has 0 aliphatic rings. The minimum absolute atomic E-state index is 0.0592. The number of fused-ring (bicyclic) bond motifs is 6. The Hall–Kier alpha value is -6.03. The van der Waals surface area contributed by atoms with Crippen molar-refractivity contribution in [3.63, 3.8) is 0 Å². The van der Waals surface area contributed by atoms with Gasteiger partial charge in [0, 0.05) is 36.5 Å². The summed E-state index contributed by atoms with van der Waals surface area (Å²) in [5.74, 6) is 0.292. The molecule has 0 N–H and O–H groups in total. The van der Waals surface area contributed by atoms with Gasteiger partial charge in [-0.05, 0) is 63.4 Å². The number of imidazole rings is 1. The highest BCUT2D eigenvalue weighted by Crippen LogP contribution is 2.48. The van der Waals surface area contributed by atoms with Crippen LogP contribution in [-0.4, -0.2) is 9.55 Å². The molecule has 48 heavy (non-hydrogen) atoms. The van der Waals surface area contributed by atoms with E-state index in [1.807, 2.05) is 41.0 Å². The summed E-state index contributed by atoms with van der Waals surface area (Å²) in [4.78, 5) is 5.02. The summed E-state index contributed by atoms with van der Waals surface area (Å²) < 4.78 is 47.9. The van der Waals surface area contributed by atoms with Crippen molar-refractivity contribution in [2.45, 2.75) is 0 Å². The van der Waals surface area contributed by atoms with Crippen LogP contribution in [0.2, 0.25) is 0 Å². The molecule has 8 aromatic carbocycles. The Morgan fingerprint density at radius 2 is 1.23 bits per heavy atom. The largest absolute Gasteiger partial charge is 0.291 e. The maximum atomic E-state index is 9.00. The van der Waals surface area contributed by atoms with E-state index in [1.54, 1.807) is 11.3 Å². The highest BCUT2D eigenvalue weighted by Gasteiger charge is 2.23. The molecule has 0 unspecified atom stereocenters. The Morgan fingerprint density at radius 3 is 2.10 bits per heavy atom. The molecular formula is C45H28N2S. The third-order valence-electron chi connectivity index (χ3n) is 9.28. The van der Waals surface area contributed by atoms with Crippen molar-refractivity contribution < 1.29 is 6.85 Å². The molecule has 0 spiro atoms. The van der Waals surface area contributed by atoms with Gasteiger partial charge in [-0.25, -0.2) is 4.98 Å². The van der Waals surface area contributed by atoms with Gasteiger partial charge in [0.1, 0.15) is 5.82 Å². The van der Waals surface area contributed by atoms with Crippen LogP contribution in [0.1, 0.15) is 6.85 Å². The molecule has 224 valence electrons. The number of rotatable bonds is 4. The third-order valence-corrected chi connectivity index (χ3v) is 10.4. The van der Waals surface area contributed by atoms with Crippen LogP contribution in [0.4, 0.5) is 0 Å². The van der Waals surface area contributed by atoms with Crippen LogP contribution in [-0.2, 0) is 0 Å². The third kappa shape index (κ3) is 4.08. The van der Waals surface area contributed by atoms with Gasteiger partial charge in [-0.1, -0.05) is 139 Å². The van der Waals surface area contributed by atoms with Gasteiger partial charge in [-0.3, -0.25) is 4.57 Å². The van der Waals surface area contributed by atoms with E-state index in [2.05, 4.69) is 103 Å². The predicted octanol–water partition coefficient (Wildman–Crippen LogP) is 12.7. The summed E-state index contributed by atoms with van der Waals surface area (Å²) >= 11 is 1.80. The molecule has 0 saturated carbocycles. The Labute approximate surface area is 288 Å². The van der Waals surface area contributed by atoms with Crippen molar-refractivity contribution in [1.29, 1.82) is 0 Å². The summed E-state index contributed by atoms with van der Waals surface area (Å²) in [6.45, 7) is 0. The zero-order chi connectivity index (χ0) is 36.0. The fourth-order valence-corrected chi connectivity index (χ4v) is 8.39. The first-order chi connectivity index (χ1) is 25.9. The highest BCUT2D eigenvalue weighted by atomic mass is 32.1. The van der Waals surface area contributed by atoms with Gasteiger partial charge in [0.2, 0.25) is 0 Å². The lowest BCUT2D eigenvalue weighted by molar-refractivity contribution is 1.13. The van der Waals surface area contributed by atoms with Gasteiger partial charge in [0.25, 0.3) is 0 Å². The van der Waals surface area contributed by atoms with Crippen LogP contribution in [0.5, 0.6) is 0 Å². The predicted molar refractivity (Wildman–Crippen MR) is 205 cm³/mol. The maximum Gasteiger partial charge on any atom is 0.145 e. The van der Waals surface area contributed by atoms with E-state index in [1.165, 1.54) is 20.2 Å². The molecule has 10 rings (SSSR count). The van der Waals surface area contributed by atoms with Gasteiger partial charge in [0.15, 0.2) is 0 Å². The number of para-hydroxylation sites is 2. The van der Waals surface area contributed by atoms with E-state index in [9.17, 15) is 0 Å². The van der Waals surface area contributed by atoms with E-state index in [4.69, 9.17) is 11.8 Å². The first-order valence-electron chi connectivity index (χ1n) is 18.4. The topological polar surface area (TPSA) is 17.8 Å². The Balaban J connectivity index is 1.42. The van der Waals surface area contributed by atoms with Crippen LogP contribution in [0.3, 0.4) is 0 Å². The summed E-state index contributed by atoms with van der Waals surface area (Å²) in [5.41, 5.74) is 6.74. The Kier molecular flexibility index (Phi) is 5.04. The average molecular weight is 634 g/mol. The second-order valence-corrected chi connectivity index (χ2v) is 13.0. The van der Waals surface area contributed by atoms with Gasteiger partial charge >= 0.3 is 0 Å². The van der Waals surface area contributed by atoms with Crippen molar-refractivity contribution in [2.24, 2.45) is 0 Å². The molecule has 0 fully saturated rings. The normalized spacial score (nSPS) is 13.2. The van der Waals surface area contributed by atoms with Crippen molar-refractivity contribution in [2.75, 3.05) is 0 Å². The number of nitrogens with zero attached hydrogens (tertiary/aromatic N) is 2. The smallest absolute Gasteiger partial charge is 0.145 e. The van der Waals surface area contributed by atoms with Gasteiger partial charge in [-0.15, -0.1) is 11.3 Å². The minimum atomic E-state index is -0.435. The summed E-state index contributed by atoms with van der Waals surface area (Å²) in [6.07, 6.45) is 0. The van der Waals surface area contributed by atoms with E-state index in [-0.39, 0.29) is 17.6 Å². The van der Waals surface area contributed by atoms with Crippen LogP contribution in [0, 0.1) is 0 Å². The number of thiophene rings is 1. The Morgan fingerprint density at radius 1 is 0.521 bits per heavy atom. The van der Waals surface area contributed by atoms with Crippen molar-refractivity contribution in [3.05, 3.63) is 170 Å². The Bertz CT molecular complexity index is 3100. The molecular weight excluding hydrogens is 601 g/mol. The molecule has 0 aliphatic carbocycles. The molecule has 0 atom stereocenters. The maximum absolute atomic E-state index is 9.00. The molecule has 2 nitrogen and oxygen atoms in total. The molecule has 0 radical (unpaired) electrons. The first kappa shape index (κ1) is 22.5. The van der Waals surface area contributed by atoms with Crippen LogP contribution in [0.25, 0.3) is 92.1 Å². The summed E-state index contributed by atoms with van der Waals surface area (Å²) in [5, 5.41) is 6.40. The van der Waals surface area contributed by atoms with Crippen molar-refractivity contribution >= 4 is 64.1 Å². The van der Waals surface area contributed by atoms with E-state index in [0.717, 1.165) is 55.0 Å². The van der Waals surface area contributed by atoms with Crippen molar-refractivity contribution in [3.8, 4) is 39.3 Å². The molecule has 0 amide bonds. The molecule has 2 heterocycles. The standard InChI is InChI=1S/C45H28N2S/c1-3-14-29(15-4-1)31-26-27-34-37(28-31)42(36-21-13-25-41-43(36)35-20-9-12-24-40(35)48-41)32-18-7-8-19-33(32)44(34)47-39-23-11-10-22-38(39)46-45(47)30-16-5-2-6-17-30/h1-28H/i2D,5D,6D,16D,17D. The van der Waals surface area contributed by atoms with E-state index < -0.39 is 18.1 Å². The molecule has 2 aromatic heterocycles. The van der Waals surface area contributed by atoms with Crippen LogP contribution >= 0.6 is 11.3 Å². The van der Waals surface area contributed by atoms with Crippen molar-refractivity contribution in [1.82, 2.24) is 9.55 Å². The fourth-order valence-electron chi connectivity index (χ4n) is 7.26. The van der Waals surface area contributed by atoms with Crippen LogP contribution in [0.15, 0.2) is 170 Å². The lowest BCUT2D eigenvalue weighted by Crippen LogP contribution is -2.02. The number of aromatic nitrogens is 2. The van der Waals surface area contributed by atoms with Gasteiger partial charge in [-0.2, -0.15) is 0 Å². The van der Waals surface area contributed by atoms with Crippen LogP contribution < -0.4 is 0 Å². The van der Waals surface area contributed by atoms with Gasteiger partial charge in [0.05, 0.1) is 23.6 Å². The number of hydrogen-bond donors (Lipinski definition) is 0. The van der Waals surface area contributed by atoms with Gasteiger partial charge < -0.3 is 0 Å². The summed E-state index contributed by atoms with van der Waals surface area (Å²) in [6, 6.07) is 46.4. The summed E-state index contributed by atoms with van der Waals surface area (Å²) in [7, 11) is 0. The molecule has 3 heteroatoms. The molecule has 0 aliphatic heterocycles. The zero-order valence-electron chi connectivity index (χ0n) is 30.6. The second kappa shape index (κ2) is 10.8. The van der Waals surface area contributed by atoms with E-state index >= 15 is 0 Å². The molecule has 0 bridgehead atoms. The monoisotopic (exact) mass is 633 g/mol. The lowest BCUT2D eigenvalue weighted by Gasteiger charge is -2.21. The first-order valence-corrected chi connectivity index (χ1v) is 16.7. The quantitative estimate of drug-likeness (QED) is 0.176. The molecule has 10 aromatic rings. The lowest BCUT2D eigenvalue weighted by atomic mass is 9.87. The highest BCUT2D eigenvalue weighted by molar-refractivity contribution is 7.25. The zero-order valence-corrected chi connectivity index (χ0v) is 26.4. The molecule has 0 saturated heterocycles.